The van der Waals surface area contributed by atoms with Gasteiger partial charge < -0.3 is 10.2 Å². The number of amides is 2. The van der Waals surface area contributed by atoms with Crippen LogP contribution in [0.2, 0.25) is 0 Å². The molecular formula is C19H28N4O2. The molecule has 1 aliphatic heterocycles. The molecule has 25 heavy (non-hydrogen) atoms. The molecule has 6 nitrogen and oxygen atoms in total. The van der Waals surface area contributed by atoms with Crippen molar-refractivity contribution < 1.29 is 9.59 Å². The molecule has 3 aliphatic rings. The van der Waals surface area contributed by atoms with Crippen LogP contribution < -0.4 is 5.32 Å². The second-order valence-corrected chi connectivity index (χ2v) is 7.84. The average molecular weight is 344 g/mol. The summed E-state index contributed by atoms with van der Waals surface area (Å²) >= 11 is 0. The average Bonchev–Trinajstić information content (AvgIpc) is 3.41. The van der Waals surface area contributed by atoms with Gasteiger partial charge in [-0.15, -0.1) is 0 Å². The van der Waals surface area contributed by atoms with Gasteiger partial charge in [-0.2, -0.15) is 5.10 Å². The van der Waals surface area contributed by atoms with Crippen molar-refractivity contribution in [3.63, 3.8) is 0 Å². The van der Waals surface area contributed by atoms with Crippen molar-refractivity contribution in [2.75, 3.05) is 18.4 Å². The predicted molar refractivity (Wildman–Crippen MR) is 95.0 cm³/mol. The van der Waals surface area contributed by atoms with Crippen LogP contribution in [0.15, 0.2) is 12.3 Å². The van der Waals surface area contributed by atoms with E-state index in [4.69, 9.17) is 0 Å². The summed E-state index contributed by atoms with van der Waals surface area (Å²) in [5, 5.41) is 7.54. The summed E-state index contributed by atoms with van der Waals surface area (Å²) in [6.45, 7) is 1.37. The minimum atomic E-state index is -0.105. The van der Waals surface area contributed by atoms with E-state index in [9.17, 15) is 9.59 Å². The third-order valence-corrected chi connectivity index (χ3v) is 5.87. The van der Waals surface area contributed by atoms with Gasteiger partial charge in [0.1, 0.15) is 5.82 Å². The Balaban J connectivity index is 1.38. The highest BCUT2D eigenvalue weighted by Gasteiger charge is 2.36. The number of nitrogens with zero attached hydrogens (tertiary/aromatic N) is 3. The highest BCUT2D eigenvalue weighted by Crippen LogP contribution is 2.33. The molecule has 1 aromatic heterocycles. The van der Waals surface area contributed by atoms with E-state index in [1.54, 1.807) is 6.20 Å². The lowest BCUT2D eigenvalue weighted by Crippen LogP contribution is -2.44. The van der Waals surface area contributed by atoms with E-state index in [1.807, 2.05) is 15.6 Å². The Labute approximate surface area is 148 Å². The van der Waals surface area contributed by atoms with E-state index in [0.717, 1.165) is 50.9 Å². The first-order valence-electron chi connectivity index (χ1n) is 9.85. The van der Waals surface area contributed by atoms with Crippen molar-refractivity contribution in [3.05, 3.63) is 12.3 Å². The molecule has 0 aromatic carbocycles. The van der Waals surface area contributed by atoms with E-state index < -0.39 is 0 Å². The zero-order chi connectivity index (χ0) is 17.2. The van der Waals surface area contributed by atoms with E-state index in [1.165, 1.54) is 19.3 Å². The molecule has 0 bridgehead atoms. The number of nitrogens with one attached hydrogen (secondary N) is 1. The van der Waals surface area contributed by atoms with Gasteiger partial charge in [0.2, 0.25) is 11.8 Å². The molecule has 136 valence electrons. The van der Waals surface area contributed by atoms with Crippen molar-refractivity contribution in [1.29, 1.82) is 0 Å². The van der Waals surface area contributed by atoms with E-state index in [-0.39, 0.29) is 23.7 Å². The molecule has 3 fully saturated rings. The molecule has 2 amide bonds. The Morgan fingerprint density at radius 1 is 1.00 bits per heavy atom. The second kappa shape index (κ2) is 7.18. The van der Waals surface area contributed by atoms with Crippen LogP contribution in [-0.2, 0) is 9.59 Å². The highest BCUT2D eigenvalue weighted by atomic mass is 16.2. The third kappa shape index (κ3) is 3.72. The summed E-state index contributed by atoms with van der Waals surface area (Å²) in [7, 11) is 0. The molecule has 1 atom stereocenters. The van der Waals surface area contributed by atoms with Crippen molar-refractivity contribution >= 4 is 17.6 Å². The second-order valence-electron chi connectivity index (χ2n) is 7.84. The molecule has 1 saturated heterocycles. The standard InChI is InChI=1S/C19H28N4O2/c24-18(15-5-4-12-22(13-15)19(25)14-8-9-14)21-17-10-11-20-23(17)16-6-2-1-3-7-16/h10-11,14-16H,1-9,12-13H2,(H,21,24)/t15-/m0/s1. The topological polar surface area (TPSA) is 67.2 Å². The van der Waals surface area contributed by atoms with Gasteiger partial charge in [0.15, 0.2) is 0 Å². The fourth-order valence-electron chi connectivity index (χ4n) is 4.24. The maximum absolute atomic E-state index is 12.8. The molecular weight excluding hydrogens is 316 g/mol. The Hall–Kier alpha value is -1.85. The van der Waals surface area contributed by atoms with Gasteiger partial charge in [-0.25, -0.2) is 4.68 Å². The summed E-state index contributed by atoms with van der Waals surface area (Å²) in [4.78, 5) is 27.0. The Morgan fingerprint density at radius 3 is 2.56 bits per heavy atom. The maximum atomic E-state index is 12.8. The number of likely N-dealkylation sites (tertiary alicyclic amines) is 1. The largest absolute Gasteiger partial charge is 0.342 e. The van der Waals surface area contributed by atoms with Gasteiger partial charge in [0.25, 0.3) is 0 Å². The SMILES string of the molecule is O=C(Nc1ccnn1C1CCCCC1)[C@H]1CCCN(C(=O)C2CC2)C1. The summed E-state index contributed by atoms with van der Waals surface area (Å²) in [6, 6.07) is 2.29. The summed E-state index contributed by atoms with van der Waals surface area (Å²) in [6.07, 6.45) is 11.6. The fourth-order valence-corrected chi connectivity index (χ4v) is 4.24. The normalized spacial score (nSPS) is 25.0. The molecule has 6 heteroatoms. The van der Waals surface area contributed by atoms with Gasteiger partial charge in [-0.1, -0.05) is 19.3 Å². The van der Waals surface area contributed by atoms with E-state index in [2.05, 4.69) is 10.4 Å². The quantitative estimate of drug-likeness (QED) is 0.913. The van der Waals surface area contributed by atoms with Crippen LogP contribution in [0.4, 0.5) is 5.82 Å². The molecule has 1 N–H and O–H groups in total. The molecule has 0 radical (unpaired) electrons. The summed E-state index contributed by atoms with van der Waals surface area (Å²) < 4.78 is 1.99. The third-order valence-electron chi connectivity index (χ3n) is 5.87. The molecule has 2 heterocycles. The molecule has 0 unspecified atom stereocenters. The number of aromatic nitrogens is 2. The number of anilines is 1. The van der Waals surface area contributed by atoms with E-state index >= 15 is 0 Å². The highest BCUT2D eigenvalue weighted by molar-refractivity contribution is 5.92. The van der Waals surface area contributed by atoms with Crippen molar-refractivity contribution in [3.8, 4) is 0 Å². The summed E-state index contributed by atoms with van der Waals surface area (Å²) in [5.74, 6) is 1.22. The monoisotopic (exact) mass is 344 g/mol. The zero-order valence-electron chi connectivity index (χ0n) is 14.8. The molecule has 2 saturated carbocycles. The smallest absolute Gasteiger partial charge is 0.230 e. The minimum absolute atomic E-state index is 0.0332. The number of hydrogen-bond donors (Lipinski definition) is 1. The van der Waals surface area contributed by atoms with Crippen molar-refractivity contribution in [2.24, 2.45) is 11.8 Å². The van der Waals surface area contributed by atoms with Gasteiger partial charge in [-0.3, -0.25) is 9.59 Å². The van der Waals surface area contributed by atoms with Crippen LogP contribution in [0.1, 0.15) is 63.8 Å². The van der Waals surface area contributed by atoms with Crippen LogP contribution in [-0.4, -0.2) is 39.6 Å². The number of carbonyl (C=O) groups is 2. The Bertz CT molecular complexity index is 631. The first-order valence-corrected chi connectivity index (χ1v) is 9.85. The van der Waals surface area contributed by atoms with Gasteiger partial charge >= 0.3 is 0 Å². The molecule has 1 aromatic rings. The fraction of sp³-hybridized carbons (Fsp3) is 0.737. The van der Waals surface area contributed by atoms with Gasteiger partial charge in [-0.05, 0) is 38.5 Å². The van der Waals surface area contributed by atoms with Crippen LogP contribution in [0.3, 0.4) is 0 Å². The number of piperidine rings is 1. The van der Waals surface area contributed by atoms with Crippen LogP contribution in [0, 0.1) is 11.8 Å². The lowest BCUT2D eigenvalue weighted by atomic mass is 9.95. The molecule has 2 aliphatic carbocycles. The minimum Gasteiger partial charge on any atom is -0.342 e. The van der Waals surface area contributed by atoms with E-state index in [0.29, 0.717) is 12.6 Å². The predicted octanol–water partition coefficient (Wildman–Crippen LogP) is 2.98. The lowest BCUT2D eigenvalue weighted by molar-refractivity contribution is -0.135. The van der Waals surface area contributed by atoms with Gasteiger partial charge in [0.05, 0.1) is 18.2 Å². The Kier molecular flexibility index (Phi) is 4.77. The van der Waals surface area contributed by atoms with Crippen molar-refractivity contribution in [1.82, 2.24) is 14.7 Å². The molecule has 4 rings (SSSR count). The van der Waals surface area contributed by atoms with Crippen LogP contribution in [0.25, 0.3) is 0 Å². The number of carbonyl (C=O) groups excluding carboxylic acids is 2. The first-order chi connectivity index (χ1) is 12.2. The Morgan fingerprint density at radius 2 is 1.80 bits per heavy atom. The zero-order valence-corrected chi connectivity index (χ0v) is 14.8. The summed E-state index contributed by atoms with van der Waals surface area (Å²) in [5.41, 5.74) is 0. The van der Waals surface area contributed by atoms with Gasteiger partial charge in [0, 0.05) is 25.1 Å². The maximum Gasteiger partial charge on any atom is 0.230 e. The van der Waals surface area contributed by atoms with Crippen molar-refractivity contribution in [2.45, 2.75) is 63.8 Å². The lowest BCUT2D eigenvalue weighted by Gasteiger charge is -2.32. The first kappa shape index (κ1) is 16.6. The number of rotatable bonds is 4. The van der Waals surface area contributed by atoms with Crippen LogP contribution in [0.5, 0.6) is 0 Å². The number of hydrogen-bond acceptors (Lipinski definition) is 3. The molecule has 0 spiro atoms. The van der Waals surface area contributed by atoms with Crippen LogP contribution >= 0.6 is 0 Å².